The molecule has 1 aromatic heterocycles. The minimum atomic E-state index is -0.223. The Bertz CT molecular complexity index is 1240. The molecule has 1 amide bonds. The maximum atomic E-state index is 13.8. The van der Waals surface area contributed by atoms with E-state index in [1.165, 1.54) is 23.9 Å². The highest BCUT2D eigenvalue weighted by Crippen LogP contribution is 2.26. The molecule has 4 aromatic rings. The predicted octanol–water partition coefficient (Wildman–Crippen LogP) is 5.57. The second kappa shape index (κ2) is 10.1. The molecule has 0 aliphatic rings. The number of carbonyl (C=O) groups excluding carboxylic acids is 1. The summed E-state index contributed by atoms with van der Waals surface area (Å²) in [5.74, 6) is 0.744. The van der Waals surface area contributed by atoms with Crippen LogP contribution in [0.2, 0.25) is 0 Å². The van der Waals surface area contributed by atoms with Gasteiger partial charge in [0.15, 0.2) is 11.0 Å². The molecule has 32 heavy (non-hydrogen) atoms. The summed E-state index contributed by atoms with van der Waals surface area (Å²) >= 11 is 1.43. The van der Waals surface area contributed by atoms with Crippen LogP contribution in [0.4, 0.5) is 10.1 Å². The first kappa shape index (κ1) is 21.5. The van der Waals surface area contributed by atoms with Gasteiger partial charge >= 0.3 is 0 Å². The Balaban J connectivity index is 1.39. The van der Waals surface area contributed by atoms with Crippen molar-refractivity contribution in [3.63, 3.8) is 0 Å². The molecule has 3 aromatic carbocycles. The van der Waals surface area contributed by atoms with Crippen LogP contribution in [-0.4, -0.2) is 20.7 Å². The molecular formula is C25H21FN4OS. The standard InChI is InChI=1S/C25H21FN4OS/c1-30-24(28-29-25(30)32-17-20-9-5-6-10-22(20)26)19-12-14-21(15-13-19)27-23(31)16-11-18-7-3-2-4-8-18/h2-16H,17H2,1H3,(H,27,31)/b16-11+. The summed E-state index contributed by atoms with van der Waals surface area (Å²) in [7, 11) is 1.88. The summed E-state index contributed by atoms with van der Waals surface area (Å²) in [6.07, 6.45) is 3.27. The number of halogens is 1. The molecule has 4 rings (SSSR count). The van der Waals surface area contributed by atoms with E-state index >= 15 is 0 Å². The molecule has 0 aliphatic heterocycles. The SMILES string of the molecule is Cn1c(SCc2ccccc2F)nnc1-c1ccc(NC(=O)/C=C/c2ccccc2)cc1. The maximum Gasteiger partial charge on any atom is 0.248 e. The molecule has 0 unspecified atom stereocenters. The van der Waals surface area contributed by atoms with E-state index in [9.17, 15) is 9.18 Å². The monoisotopic (exact) mass is 444 g/mol. The number of nitrogens with zero attached hydrogens (tertiary/aromatic N) is 3. The average molecular weight is 445 g/mol. The topological polar surface area (TPSA) is 59.8 Å². The van der Waals surface area contributed by atoms with E-state index in [0.717, 1.165) is 11.1 Å². The van der Waals surface area contributed by atoms with Gasteiger partial charge in [-0.15, -0.1) is 10.2 Å². The van der Waals surface area contributed by atoms with Crippen LogP contribution in [0.1, 0.15) is 11.1 Å². The van der Waals surface area contributed by atoms with Gasteiger partial charge in [-0.05, 0) is 47.5 Å². The fraction of sp³-hybridized carbons (Fsp3) is 0.0800. The number of amides is 1. The minimum Gasteiger partial charge on any atom is -0.323 e. The Hall–Kier alpha value is -3.71. The Morgan fingerprint density at radius 3 is 2.47 bits per heavy atom. The van der Waals surface area contributed by atoms with Gasteiger partial charge in [0.1, 0.15) is 5.82 Å². The Labute approximate surface area is 190 Å². The first-order chi connectivity index (χ1) is 15.6. The van der Waals surface area contributed by atoms with Gasteiger partial charge in [-0.1, -0.05) is 60.3 Å². The number of rotatable bonds is 7. The number of hydrogen-bond acceptors (Lipinski definition) is 4. The van der Waals surface area contributed by atoms with Gasteiger partial charge < -0.3 is 9.88 Å². The van der Waals surface area contributed by atoms with Crippen molar-refractivity contribution in [3.8, 4) is 11.4 Å². The van der Waals surface area contributed by atoms with Crippen LogP contribution in [-0.2, 0) is 17.6 Å². The van der Waals surface area contributed by atoms with E-state index in [1.807, 2.05) is 72.3 Å². The number of hydrogen-bond donors (Lipinski definition) is 1. The molecule has 0 saturated carbocycles. The van der Waals surface area contributed by atoms with E-state index < -0.39 is 0 Å². The summed E-state index contributed by atoms with van der Waals surface area (Å²) < 4.78 is 15.7. The third kappa shape index (κ3) is 5.31. The van der Waals surface area contributed by atoms with Crippen molar-refractivity contribution in [2.75, 3.05) is 5.32 Å². The first-order valence-electron chi connectivity index (χ1n) is 10.0. The predicted molar refractivity (Wildman–Crippen MR) is 127 cm³/mol. The van der Waals surface area contributed by atoms with Crippen molar-refractivity contribution < 1.29 is 9.18 Å². The van der Waals surface area contributed by atoms with Crippen molar-refractivity contribution in [1.29, 1.82) is 0 Å². The van der Waals surface area contributed by atoms with Crippen LogP contribution >= 0.6 is 11.8 Å². The van der Waals surface area contributed by atoms with Crippen LogP contribution in [0, 0.1) is 5.82 Å². The third-order valence-corrected chi connectivity index (χ3v) is 5.86. The van der Waals surface area contributed by atoms with Crippen LogP contribution in [0.5, 0.6) is 0 Å². The second-order valence-electron chi connectivity index (χ2n) is 7.06. The molecule has 1 heterocycles. The van der Waals surface area contributed by atoms with Crippen molar-refractivity contribution in [2.24, 2.45) is 7.05 Å². The normalized spacial score (nSPS) is 11.1. The number of carbonyl (C=O) groups is 1. The van der Waals surface area contributed by atoms with E-state index in [0.29, 0.717) is 28.0 Å². The van der Waals surface area contributed by atoms with E-state index in [1.54, 1.807) is 18.2 Å². The quantitative estimate of drug-likeness (QED) is 0.299. The molecule has 0 atom stereocenters. The largest absolute Gasteiger partial charge is 0.323 e. The average Bonchev–Trinajstić information content (AvgIpc) is 3.18. The zero-order valence-electron chi connectivity index (χ0n) is 17.4. The van der Waals surface area contributed by atoms with Crippen molar-refractivity contribution in [2.45, 2.75) is 10.9 Å². The Kier molecular flexibility index (Phi) is 6.77. The summed E-state index contributed by atoms with van der Waals surface area (Å²) in [6, 6.07) is 23.8. The second-order valence-corrected chi connectivity index (χ2v) is 8.00. The van der Waals surface area contributed by atoms with Crippen LogP contribution < -0.4 is 5.32 Å². The third-order valence-electron chi connectivity index (χ3n) is 4.79. The minimum absolute atomic E-state index is 0.202. The summed E-state index contributed by atoms with van der Waals surface area (Å²) in [6.45, 7) is 0. The van der Waals surface area contributed by atoms with Crippen LogP contribution in [0.25, 0.3) is 17.5 Å². The van der Waals surface area contributed by atoms with Crippen molar-refractivity contribution >= 4 is 29.4 Å². The molecule has 0 radical (unpaired) electrons. The lowest BCUT2D eigenvalue weighted by Gasteiger charge is -2.06. The van der Waals surface area contributed by atoms with Crippen molar-refractivity contribution in [3.05, 3.63) is 102 Å². The molecule has 0 bridgehead atoms. The molecule has 160 valence electrons. The summed E-state index contributed by atoms with van der Waals surface area (Å²) in [5.41, 5.74) is 3.15. The Morgan fingerprint density at radius 2 is 1.72 bits per heavy atom. The maximum absolute atomic E-state index is 13.8. The van der Waals surface area contributed by atoms with Gasteiger partial charge in [0.2, 0.25) is 5.91 Å². The molecule has 0 fully saturated rings. The van der Waals surface area contributed by atoms with Gasteiger partial charge in [0, 0.05) is 30.1 Å². The lowest BCUT2D eigenvalue weighted by Crippen LogP contribution is -2.07. The zero-order chi connectivity index (χ0) is 22.3. The Morgan fingerprint density at radius 1 is 1.00 bits per heavy atom. The van der Waals surface area contributed by atoms with E-state index in [-0.39, 0.29) is 11.7 Å². The fourth-order valence-corrected chi connectivity index (χ4v) is 3.97. The number of nitrogens with one attached hydrogen (secondary N) is 1. The van der Waals surface area contributed by atoms with Gasteiger partial charge in [-0.25, -0.2) is 4.39 Å². The zero-order valence-corrected chi connectivity index (χ0v) is 18.2. The molecule has 0 aliphatic carbocycles. The molecule has 5 nitrogen and oxygen atoms in total. The lowest BCUT2D eigenvalue weighted by molar-refractivity contribution is -0.111. The number of benzene rings is 3. The highest BCUT2D eigenvalue weighted by molar-refractivity contribution is 7.98. The molecule has 1 N–H and O–H groups in total. The van der Waals surface area contributed by atoms with Gasteiger partial charge in [0.05, 0.1) is 0 Å². The molecular weight excluding hydrogens is 423 g/mol. The van der Waals surface area contributed by atoms with Gasteiger partial charge in [-0.3, -0.25) is 4.79 Å². The van der Waals surface area contributed by atoms with Gasteiger partial charge in [0.25, 0.3) is 0 Å². The van der Waals surface area contributed by atoms with Crippen LogP contribution in [0.3, 0.4) is 0 Å². The summed E-state index contributed by atoms with van der Waals surface area (Å²) in [5, 5.41) is 12.1. The van der Waals surface area contributed by atoms with Gasteiger partial charge in [-0.2, -0.15) is 0 Å². The first-order valence-corrected chi connectivity index (χ1v) is 11.0. The number of thioether (sulfide) groups is 1. The highest BCUT2D eigenvalue weighted by Gasteiger charge is 2.12. The number of aromatic nitrogens is 3. The highest BCUT2D eigenvalue weighted by atomic mass is 32.2. The van der Waals surface area contributed by atoms with Crippen molar-refractivity contribution in [1.82, 2.24) is 14.8 Å². The molecule has 0 saturated heterocycles. The summed E-state index contributed by atoms with van der Waals surface area (Å²) in [4.78, 5) is 12.2. The molecule has 0 spiro atoms. The van der Waals surface area contributed by atoms with E-state index in [4.69, 9.17) is 0 Å². The van der Waals surface area contributed by atoms with Crippen LogP contribution in [0.15, 0.2) is 90.1 Å². The number of anilines is 1. The fourth-order valence-electron chi connectivity index (χ4n) is 3.07. The smallest absolute Gasteiger partial charge is 0.248 e. The lowest BCUT2D eigenvalue weighted by atomic mass is 10.2. The molecule has 7 heteroatoms. The van der Waals surface area contributed by atoms with E-state index in [2.05, 4.69) is 15.5 Å².